The zero-order chi connectivity index (χ0) is 20.7. The number of hydrogen-bond acceptors (Lipinski definition) is 4. The van der Waals surface area contributed by atoms with Crippen LogP contribution in [0.3, 0.4) is 0 Å². The van der Waals surface area contributed by atoms with E-state index in [4.69, 9.17) is 5.14 Å². The number of sulfonamides is 1. The highest BCUT2D eigenvalue weighted by molar-refractivity contribution is 8.00. The first kappa shape index (κ1) is 21.1. The van der Waals surface area contributed by atoms with Crippen LogP contribution in [0, 0.1) is 0 Å². The Morgan fingerprint density at radius 2 is 1.48 bits per heavy atom. The summed E-state index contributed by atoms with van der Waals surface area (Å²) in [7, 11) is -3.70. The molecule has 5 nitrogen and oxygen atoms in total. The third-order valence-electron chi connectivity index (χ3n) is 4.30. The molecule has 0 bridgehead atoms. The van der Waals surface area contributed by atoms with E-state index in [1.165, 1.54) is 23.9 Å². The number of thioether (sulfide) groups is 1. The van der Waals surface area contributed by atoms with Gasteiger partial charge in [-0.2, -0.15) is 0 Å². The summed E-state index contributed by atoms with van der Waals surface area (Å²) in [6, 6.07) is 25.9. The molecule has 0 saturated carbocycles. The van der Waals surface area contributed by atoms with Gasteiger partial charge in [0.25, 0.3) is 0 Å². The van der Waals surface area contributed by atoms with Crippen LogP contribution in [0.25, 0.3) is 0 Å². The summed E-state index contributed by atoms with van der Waals surface area (Å²) < 4.78 is 22.7. The zero-order valence-corrected chi connectivity index (χ0v) is 17.3. The molecule has 0 aliphatic rings. The van der Waals surface area contributed by atoms with Crippen molar-refractivity contribution in [2.75, 3.05) is 6.54 Å². The Kier molecular flexibility index (Phi) is 7.09. The van der Waals surface area contributed by atoms with Crippen LogP contribution in [0.1, 0.15) is 16.4 Å². The molecule has 0 spiro atoms. The van der Waals surface area contributed by atoms with Crippen molar-refractivity contribution in [1.29, 1.82) is 0 Å². The molecule has 3 N–H and O–H groups in total. The third-order valence-corrected chi connectivity index (χ3v) is 6.50. The van der Waals surface area contributed by atoms with Gasteiger partial charge in [-0.15, -0.1) is 11.8 Å². The van der Waals surface area contributed by atoms with Gasteiger partial charge in [0.1, 0.15) is 5.25 Å². The molecule has 0 saturated heterocycles. The molecule has 0 unspecified atom stereocenters. The predicted molar refractivity (Wildman–Crippen MR) is 116 cm³/mol. The number of carbonyl (C=O) groups excluding carboxylic acids is 1. The second kappa shape index (κ2) is 9.73. The Bertz CT molecular complexity index is 1040. The number of amides is 1. The average molecular weight is 427 g/mol. The van der Waals surface area contributed by atoms with E-state index < -0.39 is 10.0 Å². The standard InChI is InChI=1S/C22H22N2O3S2/c23-29(26,27)20-13-11-17(12-14-20)15-16-24-22(25)21(18-7-3-1-4-8-18)28-19-9-5-2-6-10-19/h1-14,21H,15-16H2,(H,24,25)(H2,23,26,27)/t21-/m0/s1. The van der Waals surface area contributed by atoms with Crippen molar-refractivity contribution in [3.63, 3.8) is 0 Å². The molecular formula is C22H22N2O3S2. The lowest BCUT2D eigenvalue weighted by molar-refractivity contribution is -0.120. The summed E-state index contributed by atoms with van der Waals surface area (Å²) in [6.07, 6.45) is 0.591. The number of nitrogens with one attached hydrogen (secondary N) is 1. The number of hydrogen-bond donors (Lipinski definition) is 2. The summed E-state index contributed by atoms with van der Waals surface area (Å²) in [4.78, 5) is 14.0. The lowest BCUT2D eigenvalue weighted by Crippen LogP contribution is -2.29. The van der Waals surface area contributed by atoms with Gasteiger partial charge in [0.2, 0.25) is 15.9 Å². The molecule has 3 aromatic rings. The van der Waals surface area contributed by atoms with Crippen molar-refractivity contribution in [2.45, 2.75) is 21.5 Å². The van der Waals surface area contributed by atoms with E-state index in [-0.39, 0.29) is 16.1 Å². The second-order valence-corrected chi connectivity index (χ2v) is 9.19. The number of primary sulfonamides is 1. The summed E-state index contributed by atoms with van der Waals surface area (Å²) >= 11 is 1.51. The van der Waals surface area contributed by atoms with E-state index in [1.54, 1.807) is 12.1 Å². The van der Waals surface area contributed by atoms with E-state index in [9.17, 15) is 13.2 Å². The smallest absolute Gasteiger partial charge is 0.238 e. The molecule has 1 atom stereocenters. The van der Waals surface area contributed by atoms with Crippen molar-refractivity contribution < 1.29 is 13.2 Å². The molecule has 0 fully saturated rings. The maximum Gasteiger partial charge on any atom is 0.238 e. The topological polar surface area (TPSA) is 89.3 Å². The number of carbonyl (C=O) groups is 1. The Morgan fingerprint density at radius 3 is 2.07 bits per heavy atom. The number of rotatable bonds is 8. The Morgan fingerprint density at radius 1 is 0.897 bits per heavy atom. The van der Waals surface area contributed by atoms with Gasteiger partial charge in [-0.05, 0) is 41.8 Å². The molecule has 0 heterocycles. The fourth-order valence-corrected chi connectivity index (χ4v) is 4.39. The number of benzene rings is 3. The lowest BCUT2D eigenvalue weighted by atomic mass is 10.1. The minimum Gasteiger partial charge on any atom is -0.355 e. The molecule has 29 heavy (non-hydrogen) atoms. The van der Waals surface area contributed by atoms with E-state index >= 15 is 0 Å². The van der Waals surface area contributed by atoms with Crippen LogP contribution in [0.4, 0.5) is 0 Å². The summed E-state index contributed by atoms with van der Waals surface area (Å²) in [6.45, 7) is 0.451. The maximum absolute atomic E-state index is 12.9. The molecule has 7 heteroatoms. The highest BCUT2D eigenvalue weighted by atomic mass is 32.2. The van der Waals surface area contributed by atoms with Gasteiger partial charge in [-0.3, -0.25) is 4.79 Å². The first-order chi connectivity index (χ1) is 13.9. The van der Waals surface area contributed by atoms with Crippen LogP contribution in [-0.2, 0) is 21.2 Å². The first-order valence-electron chi connectivity index (χ1n) is 9.09. The number of nitrogens with two attached hydrogens (primary N) is 1. The third kappa shape index (κ3) is 6.19. The van der Waals surface area contributed by atoms with Crippen molar-refractivity contribution >= 4 is 27.7 Å². The fourth-order valence-electron chi connectivity index (χ4n) is 2.80. The molecule has 3 rings (SSSR count). The molecule has 0 radical (unpaired) electrons. The van der Waals surface area contributed by atoms with Crippen LogP contribution in [0.2, 0.25) is 0 Å². The van der Waals surface area contributed by atoms with E-state index in [1.807, 2.05) is 60.7 Å². The largest absolute Gasteiger partial charge is 0.355 e. The van der Waals surface area contributed by atoms with Gasteiger partial charge in [0.15, 0.2) is 0 Å². The highest BCUT2D eigenvalue weighted by Crippen LogP contribution is 2.35. The minimum absolute atomic E-state index is 0.0637. The van der Waals surface area contributed by atoms with E-state index in [0.717, 1.165) is 16.0 Å². The van der Waals surface area contributed by atoms with E-state index in [2.05, 4.69) is 5.32 Å². The van der Waals surface area contributed by atoms with Gasteiger partial charge < -0.3 is 5.32 Å². The van der Waals surface area contributed by atoms with Gasteiger partial charge in [-0.25, -0.2) is 13.6 Å². The van der Waals surface area contributed by atoms with Crippen molar-refractivity contribution in [1.82, 2.24) is 5.32 Å². The molecule has 0 aliphatic heterocycles. The van der Waals surface area contributed by atoms with Crippen LogP contribution in [-0.4, -0.2) is 20.9 Å². The Hall–Kier alpha value is -2.61. The summed E-state index contributed by atoms with van der Waals surface area (Å²) in [5.41, 5.74) is 1.86. The molecule has 150 valence electrons. The summed E-state index contributed by atoms with van der Waals surface area (Å²) in [5.74, 6) is -0.0637. The van der Waals surface area contributed by atoms with Crippen molar-refractivity contribution in [3.05, 3.63) is 96.1 Å². The van der Waals surface area contributed by atoms with Crippen molar-refractivity contribution in [3.8, 4) is 0 Å². The molecule has 0 aromatic heterocycles. The van der Waals surface area contributed by atoms with Crippen LogP contribution >= 0.6 is 11.8 Å². The van der Waals surface area contributed by atoms with Crippen LogP contribution in [0.5, 0.6) is 0 Å². The van der Waals surface area contributed by atoms with Crippen LogP contribution in [0.15, 0.2) is 94.7 Å². The minimum atomic E-state index is -3.70. The molecule has 1 amide bonds. The van der Waals surface area contributed by atoms with Gasteiger partial charge in [0.05, 0.1) is 4.90 Å². The van der Waals surface area contributed by atoms with Gasteiger partial charge in [-0.1, -0.05) is 60.7 Å². The lowest BCUT2D eigenvalue weighted by Gasteiger charge is -2.17. The van der Waals surface area contributed by atoms with E-state index in [0.29, 0.717) is 13.0 Å². The Labute approximate surface area is 175 Å². The predicted octanol–water partition coefficient (Wildman–Crippen LogP) is 3.53. The average Bonchev–Trinajstić information content (AvgIpc) is 2.73. The quantitative estimate of drug-likeness (QED) is 0.539. The molecule has 0 aliphatic carbocycles. The fraction of sp³-hybridized carbons (Fsp3) is 0.136. The van der Waals surface area contributed by atoms with Crippen LogP contribution < -0.4 is 10.5 Å². The normalized spacial score (nSPS) is 12.3. The van der Waals surface area contributed by atoms with Gasteiger partial charge in [0, 0.05) is 11.4 Å². The zero-order valence-electron chi connectivity index (χ0n) is 15.7. The summed E-state index contributed by atoms with van der Waals surface area (Å²) in [5, 5.41) is 7.75. The first-order valence-corrected chi connectivity index (χ1v) is 11.5. The molecule has 3 aromatic carbocycles. The van der Waals surface area contributed by atoms with Gasteiger partial charge >= 0.3 is 0 Å². The van der Waals surface area contributed by atoms with Crippen molar-refractivity contribution in [2.24, 2.45) is 5.14 Å². The monoisotopic (exact) mass is 426 g/mol. The Balaban J connectivity index is 1.64. The molecular weight excluding hydrogens is 404 g/mol. The highest BCUT2D eigenvalue weighted by Gasteiger charge is 2.21. The maximum atomic E-state index is 12.9. The SMILES string of the molecule is NS(=O)(=O)c1ccc(CCNC(=O)[C@@H](Sc2ccccc2)c2ccccc2)cc1. The second-order valence-electron chi connectivity index (χ2n) is 6.45.